The van der Waals surface area contributed by atoms with Crippen molar-refractivity contribution in [2.24, 2.45) is 0 Å². The van der Waals surface area contributed by atoms with Crippen LogP contribution in [0.1, 0.15) is 48.0 Å². The van der Waals surface area contributed by atoms with Crippen LogP contribution in [0, 0.1) is 6.92 Å². The Labute approximate surface area is 124 Å². The van der Waals surface area contributed by atoms with Gasteiger partial charge in [0, 0.05) is 39.1 Å². The van der Waals surface area contributed by atoms with Crippen LogP contribution in [0.15, 0.2) is 0 Å². The molecule has 110 valence electrons. The molecule has 20 heavy (non-hydrogen) atoms. The maximum atomic E-state index is 11.5. The van der Waals surface area contributed by atoms with Crippen molar-refractivity contribution in [3.05, 3.63) is 10.6 Å². The first-order valence-electron chi connectivity index (χ1n) is 7.62. The molecule has 1 aliphatic heterocycles. The van der Waals surface area contributed by atoms with E-state index in [9.17, 15) is 4.79 Å². The summed E-state index contributed by atoms with van der Waals surface area (Å²) in [7, 11) is 0. The van der Waals surface area contributed by atoms with E-state index < -0.39 is 0 Å². The number of anilines is 1. The third kappa shape index (κ3) is 2.74. The number of aromatic nitrogens is 1. The van der Waals surface area contributed by atoms with Gasteiger partial charge in [0.15, 0.2) is 10.9 Å². The molecule has 1 aliphatic carbocycles. The molecule has 2 heterocycles. The van der Waals surface area contributed by atoms with Gasteiger partial charge in [0.1, 0.15) is 0 Å². The highest BCUT2D eigenvalue weighted by Crippen LogP contribution is 2.29. The summed E-state index contributed by atoms with van der Waals surface area (Å²) in [5.74, 6) is 0.135. The summed E-state index contributed by atoms with van der Waals surface area (Å²) < 4.78 is 0. The number of Topliss-reactive ketones (excluding diaryl/α,β-unsaturated/α-hetero) is 1. The molecule has 0 N–H and O–H groups in total. The second-order valence-electron chi connectivity index (χ2n) is 5.93. The van der Waals surface area contributed by atoms with Crippen LogP contribution in [-0.2, 0) is 0 Å². The van der Waals surface area contributed by atoms with Gasteiger partial charge in [0.25, 0.3) is 0 Å². The van der Waals surface area contributed by atoms with Gasteiger partial charge < -0.3 is 4.90 Å². The lowest BCUT2D eigenvalue weighted by Gasteiger charge is -2.37. The number of thiazole rings is 1. The lowest BCUT2D eigenvalue weighted by atomic mass is 10.2. The summed E-state index contributed by atoms with van der Waals surface area (Å²) in [5, 5.41) is 1.03. The minimum absolute atomic E-state index is 0.135. The molecule has 0 unspecified atom stereocenters. The maximum Gasteiger partial charge on any atom is 0.186 e. The van der Waals surface area contributed by atoms with Crippen molar-refractivity contribution < 1.29 is 4.79 Å². The van der Waals surface area contributed by atoms with Crippen LogP contribution in [0.3, 0.4) is 0 Å². The van der Waals surface area contributed by atoms with Gasteiger partial charge in [-0.1, -0.05) is 24.2 Å². The van der Waals surface area contributed by atoms with Gasteiger partial charge >= 0.3 is 0 Å². The van der Waals surface area contributed by atoms with Crippen molar-refractivity contribution in [1.29, 1.82) is 0 Å². The Balaban J connectivity index is 1.62. The minimum atomic E-state index is 0.135. The normalized spacial score (nSPS) is 21.6. The van der Waals surface area contributed by atoms with Crippen LogP contribution >= 0.6 is 11.3 Å². The average molecular weight is 293 g/mol. The number of rotatable bonds is 3. The number of ketones is 1. The first-order valence-corrected chi connectivity index (χ1v) is 8.44. The zero-order valence-corrected chi connectivity index (χ0v) is 13.2. The molecule has 0 radical (unpaired) electrons. The minimum Gasteiger partial charge on any atom is -0.346 e. The summed E-state index contributed by atoms with van der Waals surface area (Å²) in [6.45, 7) is 7.92. The summed E-state index contributed by atoms with van der Waals surface area (Å²) in [5.41, 5.74) is 0.885. The molecule has 0 amide bonds. The monoisotopic (exact) mass is 293 g/mol. The van der Waals surface area contributed by atoms with E-state index in [0.717, 1.165) is 47.9 Å². The first kappa shape index (κ1) is 14.0. The van der Waals surface area contributed by atoms with Crippen LogP contribution in [-0.4, -0.2) is 47.9 Å². The van der Waals surface area contributed by atoms with Crippen molar-refractivity contribution in [2.75, 3.05) is 31.1 Å². The SMILES string of the molecule is CC(=O)c1sc(N2CCN(C3CCCC3)CC2)nc1C. The van der Waals surface area contributed by atoms with E-state index in [-0.39, 0.29) is 5.78 Å². The van der Waals surface area contributed by atoms with E-state index in [0.29, 0.717) is 0 Å². The topological polar surface area (TPSA) is 36.4 Å². The molecule has 0 spiro atoms. The van der Waals surface area contributed by atoms with Gasteiger partial charge in [0.05, 0.1) is 10.6 Å². The fraction of sp³-hybridized carbons (Fsp3) is 0.733. The van der Waals surface area contributed by atoms with Crippen LogP contribution in [0.4, 0.5) is 5.13 Å². The fourth-order valence-electron chi connectivity index (χ4n) is 3.39. The van der Waals surface area contributed by atoms with Gasteiger partial charge in [-0.05, 0) is 19.8 Å². The number of aryl methyl sites for hydroxylation is 1. The van der Waals surface area contributed by atoms with E-state index >= 15 is 0 Å². The second kappa shape index (κ2) is 5.82. The molecule has 2 aliphatic rings. The number of carbonyl (C=O) groups excluding carboxylic acids is 1. The largest absolute Gasteiger partial charge is 0.346 e. The van der Waals surface area contributed by atoms with E-state index in [1.165, 1.54) is 25.7 Å². The predicted molar refractivity (Wildman–Crippen MR) is 82.9 cm³/mol. The van der Waals surface area contributed by atoms with Gasteiger partial charge in [-0.2, -0.15) is 0 Å². The number of piperazine rings is 1. The highest BCUT2D eigenvalue weighted by Gasteiger charge is 2.27. The molecular weight excluding hydrogens is 270 g/mol. The standard InChI is InChI=1S/C15H23N3OS/c1-11-14(12(2)19)20-15(16-11)18-9-7-17(8-10-18)13-5-3-4-6-13/h13H,3-10H2,1-2H3. The van der Waals surface area contributed by atoms with E-state index in [1.807, 2.05) is 6.92 Å². The molecule has 0 bridgehead atoms. The van der Waals surface area contributed by atoms with Crippen molar-refractivity contribution >= 4 is 22.3 Å². The van der Waals surface area contributed by atoms with Crippen LogP contribution in [0.5, 0.6) is 0 Å². The third-order valence-electron chi connectivity index (χ3n) is 4.53. The molecule has 1 saturated heterocycles. The van der Waals surface area contributed by atoms with Crippen molar-refractivity contribution in [2.45, 2.75) is 45.6 Å². The fourth-order valence-corrected chi connectivity index (χ4v) is 4.41. The average Bonchev–Trinajstić information content (AvgIpc) is 3.08. The summed E-state index contributed by atoms with van der Waals surface area (Å²) in [6.07, 6.45) is 5.56. The Kier molecular flexibility index (Phi) is 4.08. The van der Waals surface area contributed by atoms with E-state index in [2.05, 4.69) is 14.8 Å². The van der Waals surface area contributed by atoms with Crippen molar-refractivity contribution in [3.8, 4) is 0 Å². The number of hydrogen-bond acceptors (Lipinski definition) is 5. The highest BCUT2D eigenvalue weighted by atomic mass is 32.1. The zero-order chi connectivity index (χ0) is 14.1. The zero-order valence-electron chi connectivity index (χ0n) is 12.4. The van der Waals surface area contributed by atoms with E-state index in [4.69, 9.17) is 0 Å². The number of hydrogen-bond donors (Lipinski definition) is 0. The molecule has 1 saturated carbocycles. The summed E-state index contributed by atoms with van der Waals surface area (Å²) in [4.78, 5) is 21.9. The quantitative estimate of drug-likeness (QED) is 0.803. The predicted octanol–water partition coefficient (Wildman–Crippen LogP) is 2.72. The first-order chi connectivity index (χ1) is 9.65. The molecule has 3 rings (SSSR count). The number of nitrogens with zero attached hydrogens (tertiary/aromatic N) is 3. The van der Waals surface area contributed by atoms with E-state index in [1.54, 1.807) is 18.3 Å². The van der Waals surface area contributed by atoms with Crippen LogP contribution < -0.4 is 4.90 Å². The lowest BCUT2D eigenvalue weighted by molar-refractivity contribution is 0.102. The molecule has 5 heteroatoms. The maximum absolute atomic E-state index is 11.5. The van der Waals surface area contributed by atoms with Crippen LogP contribution in [0.25, 0.3) is 0 Å². The molecule has 0 aromatic carbocycles. The molecule has 1 aromatic heterocycles. The smallest absolute Gasteiger partial charge is 0.186 e. The second-order valence-corrected chi connectivity index (χ2v) is 6.91. The molecule has 0 atom stereocenters. The molecule has 2 fully saturated rings. The van der Waals surface area contributed by atoms with Crippen molar-refractivity contribution in [1.82, 2.24) is 9.88 Å². The Morgan fingerprint density at radius 2 is 1.85 bits per heavy atom. The Hall–Kier alpha value is -0.940. The Bertz CT molecular complexity index is 485. The van der Waals surface area contributed by atoms with Gasteiger partial charge in [-0.15, -0.1) is 0 Å². The summed E-state index contributed by atoms with van der Waals surface area (Å²) >= 11 is 1.55. The number of carbonyl (C=O) groups is 1. The lowest BCUT2D eigenvalue weighted by Crippen LogP contribution is -2.49. The van der Waals surface area contributed by atoms with Crippen LogP contribution in [0.2, 0.25) is 0 Å². The highest BCUT2D eigenvalue weighted by molar-refractivity contribution is 7.17. The Morgan fingerprint density at radius 1 is 1.20 bits per heavy atom. The third-order valence-corrected chi connectivity index (χ3v) is 5.85. The molecule has 1 aromatic rings. The summed E-state index contributed by atoms with van der Waals surface area (Å²) in [6, 6.07) is 0.822. The molecule has 4 nitrogen and oxygen atoms in total. The van der Waals surface area contributed by atoms with Gasteiger partial charge in [-0.25, -0.2) is 4.98 Å². The van der Waals surface area contributed by atoms with Gasteiger partial charge in [0.2, 0.25) is 0 Å². The Morgan fingerprint density at radius 3 is 2.40 bits per heavy atom. The van der Waals surface area contributed by atoms with Crippen molar-refractivity contribution in [3.63, 3.8) is 0 Å². The molecular formula is C15H23N3OS. The van der Waals surface area contributed by atoms with Gasteiger partial charge in [-0.3, -0.25) is 9.69 Å².